The highest BCUT2D eigenvalue weighted by Crippen LogP contribution is 2.23. The average Bonchev–Trinajstić information content (AvgIpc) is 3.17. The minimum Gasteiger partial charge on any atom is -0.327 e. The quantitative estimate of drug-likeness (QED) is 0.825. The number of amides is 2. The molecule has 2 amide bonds. The summed E-state index contributed by atoms with van der Waals surface area (Å²) in [4.78, 5) is 28.2. The van der Waals surface area contributed by atoms with Crippen LogP contribution >= 0.6 is 11.6 Å². The Kier molecular flexibility index (Phi) is 5.64. The third kappa shape index (κ3) is 4.21. The molecule has 1 aliphatic carbocycles. The van der Waals surface area contributed by atoms with Gasteiger partial charge in [0.05, 0.1) is 36.9 Å². The second kappa shape index (κ2) is 8.33. The zero-order chi connectivity index (χ0) is 19.5. The lowest BCUT2D eigenvalue weighted by Gasteiger charge is -2.32. The van der Waals surface area contributed by atoms with Crippen molar-refractivity contribution in [3.05, 3.63) is 64.2 Å². The third-order valence-electron chi connectivity index (χ3n) is 5.66. The topological polar surface area (TPSA) is 53.9 Å². The maximum atomic E-state index is 12.8. The molecule has 0 atom stereocenters. The molecule has 1 heterocycles. The van der Waals surface area contributed by atoms with Crippen molar-refractivity contribution in [2.24, 2.45) is 0 Å². The molecule has 2 aliphatic rings. The van der Waals surface area contributed by atoms with Crippen LogP contribution in [0.2, 0.25) is 5.02 Å². The average molecular weight is 399 g/mol. The molecule has 6 heteroatoms. The van der Waals surface area contributed by atoms with Gasteiger partial charge in [-0.25, -0.2) is 0 Å². The molecule has 0 radical (unpaired) electrons. The van der Waals surface area contributed by atoms with Gasteiger partial charge in [0, 0.05) is 5.56 Å². The fraction of sp³-hybridized carbons (Fsp3) is 0.364. The molecule has 1 saturated heterocycles. The summed E-state index contributed by atoms with van der Waals surface area (Å²) in [6.45, 7) is 3.26. The van der Waals surface area contributed by atoms with Crippen LogP contribution in [0.1, 0.15) is 27.9 Å². The van der Waals surface area contributed by atoms with Gasteiger partial charge in [0.25, 0.3) is 11.8 Å². The van der Waals surface area contributed by atoms with Crippen LogP contribution < -0.4 is 10.2 Å². The summed E-state index contributed by atoms with van der Waals surface area (Å²) in [5, 5.41) is 3.41. The van der Waals surface area contributed by atoms with Crippen LogP contribution in [0.15, 0.2) is 42.5 Å². The number of carbonyl (C=O) groups is 2. The van der Waals surface area contributed by atoms with E-state index >= 15 is 0 Å². The smallest absolute Gasteiger partial charge is 0.279 e. The van der Waals surface area contributed by atoms with E-state index in [0.29, 0.717) is 30.3 Å². The molecular weight excluding hydrogens is 374 g/mol. The predicted molar refractivity (Wildman–Crippen MR) is 110 cm³/mol. The molecule has 2 N–H and O–H groups in total. The van der Waals surface area contributed by atoms with Crippen molar-refractivity contribution in [2.45, 2.75) is 19.3 Å². The highest BCUT2D eigenvalue weighted by molar-refractivity contribution is 6.33. The van der Waals surface area contributed by atoms with Gasteiger partial charge in [0.1, 0.15) is 0 Å². The molecule has 0 saturated carbocycles. The second-order valence-electron chi connectivity index (χ2n) is 7.58. The maximum Gasteiger partial charge on any atom is 0.279 e. The number of halogens is 1. The van der Waals surface area contributed by atoms with Crippen molar-refractivity contribution in [1.82, 2.24) is 4.90 Å². The summed E-state index contributed by atoms with van der Waals surface area (Å²) in [6, 6.07) is 13.4. The zero-order valence-electron chi connectivity index (χ0n) is 15.8. The van der Waals surface area contributed by atoms with Gasteiger partial charge in [0.15, 0.2) is 6.54 Å². The van der Waals surface area contributed by atoms with E-state index in [0.717, 1.165) is 31.5 Å². The Bertz CT molecular complexity index is 891. The summed E-state index contributed by atoms with van der Waals surface area (Å²) in [6.07, 6.45) is 3.39. The molecule has 1 fully saturated rings. The van der Waals surface area contributed by atoms with Crippen LogP contribution in [0.4, 0.5) is 5.69 Å². The summed E-state index contributed by atoms with van der Waals surface area (Å²) >= 11 is 6.09. The van der Waals surface area contributed by atoms with E-state index in [2.05, 4.69) is 17.4 Å². The van der Waals surface area contributed by atoms with Crippen molar-refractivity contribution in [3.8, 4) is 0 Å². The number of aryl methyl sites for hydroxylation is 2. The number of fused-ring (bicyclic) bond motifs is 1. The number of nitrogens with one attached hydrogen (secondary N) is 2. The van der Waals surface area contributed by atoms with Crippen molar-refractivity contribution in [3.63, 3.8) is 0 Å². The predicted octanol–water partition coefficient (Wildman–Crippen LogP) is 1.81. The van der Waals surface area contributed by atoms with Crippen LogP contribution in [0.5, 0.6) is 0 Å². The lowest BCUT2D eigenvalue weighted by Crippen LogP contribution is -3.15. The van der Waals surface area contributed by atoms with Gasteiger partial charge in [-0.15, -0.1) is 0 Å². The first-order valence-electron chi connectivity index (χ1n) is 9.89. The molecule has 5 nitrogen and oxygen atoms in total. The summed E-state index contributed by atoms with van der Waals surface area (Å²) in [7, 11) is 0. The van der Waals surface area contributed by atoms with E-state index in [-0.39, 0.29) is 11.8 Å². The van der Waals surface area contributed by atoms with Crippen LogP contribution in [0.25, 0.3) is 0 Å². The molecule has 28 heavy (non-hydrogen) atoms. The first-order chi connectivity index (χ1) is 13.6. The Balaban J connectivity index is 1.29. The zero-order valence-corrected chi connectivity index (χ0v) is 16.6. The Morgan fingerprint density at radius 3 is 2.57 bits per heavy atom. The van der Waals surface area contributed by atoms with E-state index in [1.54, 1.807) is 12.1 Å². The van der Waals surface area contributed by atoms with E-state index in [4.69, 9.17) is 11.6 Å². The molecule has 0 aromatic heterocycles. The number of quaternary nitrogens is 1. The van der Waals surface area contributed by atoms with Gasteiger partial charge in [-0.2, -0.15) is 0 Å². The van der Waals surface area contributed by atoms with Crippen LogP contribution in [0.3, 0.4) is 0 Å². The van der Waals surface area contributed by atoms with Crippen molar-refractivity contribution >= 4 is 29.1 Å². The SMILES string of the molecule is O=C(C[NH+]1CCN(C(=O)c2ccc3c(c2)CCC3)CC1)Nc1ccccc1Cl. The molecule has 2 aromatic rings. The number of benzene rings is 2. The van der Waals surface area contributed by atoms with Crippen LogP contribution in [-0.2, 0) is 17.6 Å². The van der Waals surface area contributed by atoms with E-state index in [9.17, 15) is 9.59 Å². The van der Waals surface area contributed by atoms with Crippen molar-refractivity contribution < 1.29 is 14.5 Å². The number of rotatable bonds is 4. The molecule has 146 valence electrons. The van der Waals surface area contributed by atoms with Gasteiger partial charge in [-0.05, 0) is 54.7 Å². The minimum absolute atomic E-state index is 0.0542. The first kappa shape index (κ1) is 19.0. The molecule has 1 aliphatic heterocycles. The molecule has 0 bridgehead atoms. The summed E-state index contributed by atoms with van der Waals surface area (Å²) in [5.74, 6) is 0.0516. The number of hydrogen-bond acceptors (Lipinski definition) is 2. The molecule has 0 unspecified atom stereocenters. The Hall–Kier alpha value is -2.37. The van der Waals surface area contributed by atoms with Gasteiger partial charge in [-0.1, -0.05) is 29.8 Å². The Morgan fingerprint density at radius 2 is 1.79 bits per heavy atom. The highest BCUT2D eigenvalue weighted by Gasteiger charge is 2.26. The van der Waals surface area contributed by atoms with Crippen LogP contribution in [-0.4, -0.2) is 49.4 Å². The summed E-state index contributed by atoms with van der Waals surface area (Å²) in [5.41, 5.74) is 4.14. The number of nitrogens with zero attached hydrogens (tertiary/aromatic N) is 1. The van der Waals surface area contributed by atoms with E-state index in [1.165, 1.54) is 22.4 Å². The molecule has 2 aromatic carbocycles. The van der Waals surface area contributed by atoms with E-state index < -0.39 is 0 Å². The van der Waals surface area contributed by atoms with Gasteiger partial charge < -0.3 is 15.1 Å². The molecule has 0 spiro atoms. The fourth-order valence-corrected chi connectivity index (χ4v) is 4.26. The molecular formula is C22H25ClN3O2+. The van der Waals surface area contributed by atoms with Crippen molar-refractivity contribution in [1.29, 1.82) is 0 Å². The monoisotopic (exact) mass is 398 g/mol. The largest absolute Gasteiger partial charge is 0.327 e. The third-order valence-corrected chi connectivity index (χ3v) is 5.99. The standard InChI is InChI=1S/C22H24ClN3O2/c23-19-6-1-2-7-20(19)24-21(27)15-25-10-12-26(13-11-25)22(28)18-9-8-16-4-3-5-17(16)14-18/h1-2,6-9,14H,3-5,10-13,15H2,(H,24,27)/p+1. The highest BCUT2D eigenvalue weighted by atomic mass is 35.5. The lowest BCUT2D eigenvalue weighted by atomic mass is 10.1. The second-order valence-corrected chi connectivity index (χ2v) is 7.99. The number of hydrogen-bond donors (Lipinski definition) is 2. The van der Waals surface area contributed by atoms with Crippen molar-refractivity contribution in [2.75, 3.05) is 38.0 Å². The lowest BCUT2D eigenvalue weighted by molar-refractivity contribution is -0.895. The Labute approximate surface area is 170 Å². The van der Waals surface area contributed by atoms with Crippen LogP contribution in [0, 0.1) is 0 Å². The normalized spacial score (nSPS) is 16.7. The minimum atomic E-state index is -0.0542. The first-order valence-corrected chi connectivity index (χ1v) is 10.3. The van der Waals surface area contributed by atoms with Gasteiger partial charge in [0.2, 0.25) is 0 Å². The number of para-hydroxylation sites is 1. The number of carbonyl (C=O) groups excluding carboxylic acids is 2. The summed E-state index contributed by atoms with van der Waals surface area (Å²) < 4.78 is 0. The number of piperazine rings is 1. The maximum absolute atomic E-state index is 12.8. The van der Waals surface area contributed by atoms with Gasteiger partial charge in [-0.3, -0.25) is 9.59 Å². The number of anilines is 1. The van der Waals surface area contributed by atoms with Gasteiger partial charge >= 0.3 is 0 Å². The fourth-order valence-electron chi connectivity index (χ4n) is 4.07. The molecule has 4 rings (SSSR count). The van der Waals surface area contributed by atoms with E-state index in [1.807, 2.05) is 23.1 Å². The Morgan fingerprint density at radius 1 is 1.04 bits per heavy atom.